The molecule has 1 aromatic rings. The van der Waals surface area contributed by atoms with Crippen molar-refractivity contribution in [2.45, 2.75) is 71.8 Å². The Hall–Kier alpha value is -0.820. The SMILES string of the molecule is CCCCC1CCC(C(O)c2ccc(C)c(C)c2)CC1. The number of rotatable bonds is 5. The Kier molecular flexibility index (Phi) is 5.65. The second kappa shape index (κ2) is 7.26. The van der Waals surface area contributed by atoms with E-state index in [4.69, 9.17) is 0 Å². The molecule has 1 heteroatoms. The van der Waals surface area contributed by atoms with Crippen molar-refractivity contribution in [1.82, 2.24) is 0 Å². The van der Waals surface area contributed by atoms with Gasteiger partial charge in [0.15, 0.2) is 0 Å². The van der Waals surface area contributed by atoms with Crippen LogP contribution in [-0.4, -0.2) is 5.11 Å². The van der Waals surface area contributed by atoms with E-state index in [9.17, 15) is 5.11 Å². The molecule has 0 spiro atoms. The summed E-state index contributed by atoms with van der Waals surface area (Å²) in [6, 6.07) is 6.42. The van der Waals surface area contributed by atoms with E-state index in [0.717, 1.165) is 11.5 Å². The molecule has 1 aliphatic carbocycles. The third-order valence-corrected chi connectivity index (χ3v) is 5.18. The normalized spacial score (nSPS) is 24.6. The summed E-state index contributed by atoms with van der Waals surface area (Å²) >= 11 is 0. The minimum Gasteiger partial charge on any atom is -0.388 e. The maximum absolute atomic E-state index is 10.6. The molecular formula is C19H30O. The summed E-state index contributed by atoms with van der Waals surface area (Å²) in [5, 5.41) is 10.6. The van der Waals surface area contributed by atoms with E-state index in [1.54, 1.807) is 0 Å². The molecule has 0 saturated heterocycles. The second-order valence-corrected chi connectivity index (χ2v) is 6.71. The number of aliphatic hydroxyl groups excluding tert-OH is 1. The van der Waals surface area contributed by atoms with Crippen molar-refractivity contribution in [3.63, 3.8) is 0 Å². The van der Waals surface area contributed by atoms with Crippen LogP contribution in [0.25, 0.3) is 0 Å². The van der Waals surface area contributed by atoms with Gasteiger partial charge in [-0.25, -0.2) is 0 Å². The number of aliphatic hydroxyl groups is 1. The molecule has 1 unspecified atom stereocenters. The number of hydrogen-bond donors (Lipinski definition) is 1. The molecule has 1 N–H and O–H groups in total. The van der Waals surface area contributed by atoms with Crippen molar-refractivity contribution in [2.75, 3.05) is 0 Å². The van der Waals surface area contributed by atoms with Gasteiger partial charge < -0.3 is 5.11 Å². The Morgan fingerprint density at radius 2 is 1.80 bits per heavy atom. The molecular weight excluding hydrogens is 244 g/mol. The van der Waals surface area contributed by atoms with Crippen molar-refractivity contribution in [3.05, 3.63) is 34.9 Å². The lowest BCUT2D eigenvalue weighted by Gasteiger charge is -2.32. The second-order valence-electron chi connectivity index (χ2n) is 6.71. The average Bonchev–Trinajstić information content (AvgIpc) is 2.48. The first-order valence-electron chi connectivity index (χ1n) is 8.37. The smallest absolute Gasteiger partial charge is 0.0818 e. The minimum absolute atomic E-state index is 0.263. The Bertz CT molecular complexity index is 416. The fourth-order valence-electron chi connectivity index (χ4n) is 3.51. The summed E-state index contributed by atoms with van der Waals surface area (Å²) in [4.78, 5) is 0. The van der Waals surface area contributed by atoms with Crippen LogP contribution in [-0.2, 0) is 0 Å². The zero-order valence-electron chi connectivity index (χ0n) is 13.4. The topological polar surface area (TPSA) is 20.2 Å². The first-order chi connectivity index (χ1) is 9.61. The lowest BCUT2D eigenvalue weighted by Crippen LogP contribution is -2.20. The molecule has 112 valence electrons. The third kappa shape index (κ3) is 3.85. The van der Waals surface area contributed by atoms with Crippen LogP contribution in [0.5, 0.6) is 0 Å². The summed E-state index contributed by atoms with van der Waals surface area (Å²) < 4.78 is 0. The van der Waals surface area contributed by atoms with Gasteiger partial charge in [0, 0.05) is 0 Å². The van der Waals surface area contributed by atoms with Crippen LogP contribution < -0.4 is 0 Å². The minimum atomic E-state index is -0.263. The lowest BCUT2D eigenvalue weighted by molar-refractivity contribution is 0.0720. The first-order valence-corrected chi connectivity index (χ1v) is 8.37. The molecule has 1 nitrogen and oxygen atoms in total. The van der Waals surface area contributed by atoms with Gasteiger partial charge in [-0.15, -0.1) is 0 Å². The van der Waals surface area contributed by atoms with Crippen molar-refractivity contribution in [3.8, 4) is 0 Å². The Morgan fingerprint density at radius 1 is 1.10 bits per heavy atom. The fraction of sp³-hybridized carbons (Fsp3) is 0.684. The van der Waals surface area contributed by atoms with E-state index < -0.39 is 0 Å². The van der Waals surface area contributed by atoms with E-state index in [1.807, 2.05) is 0 Å². The third-order valence-electron chi connectivity index (χ3n) is 5.18. The average molecular weight is 274 g/mol. The summed E-state index contributed by atoms with van der Waals surface area (Å²) in [5.74, 6) is 1.38. The molecule has 0 aliphatic heterocycles. The Labute approximate surface area is 124 Å². The van der Waals surface area contributed by atoms with Crippen LogP contribution in [0.3, 0.4) is 0 Å². The summed E-state index contributed by atoms with van der Waals surface area (Å²) in [6.07, 6.45) is 8.83. The van der Waals surface area contributed by atoms with Gasteiger partial charge in [0.2, 0.25) is 0 Å². The van der Waals surface area contributed by atoms with Gasteiger partial charge in [0.1, 0.15) is 0 Å². The number of unbranched alkanes of at least 4 members (excludes halogenated alkanes) is 1. The highest BCUT2D eigenvalue weighted by Crippen LogP contribution is 2.38. The van der Waals surface area contributed by atoms with Crippen LogP contribution in [0.1, 0.15) is 74.7 Å². The van der Waals surface area contributed by atoms with Gasteiger partial charge in [-0.1, -0.05) is 57.2 Å². The lowest BCUT2D eigenvalue weighted by atomic mass is 9.76. The monoisotopic (exact) mass is 274 g/mol. The standard InChI is InChI=1S/C19H30O/c1-4-5-6-16-8-11-17(12-9-16)19(20)18-10-7-14(2)15(3)13-18/h7,10,13,16-17,19-20H,4-6,8-9,11-12H2,1-3H3. The van der Waals surface area contributed by atoms with Gasteiger partial charge in [0.05, 0.1) is 6.10 Å². The van der Waals surface area contributed by atoms with Gasteiger partial charge in [0.25, 0.3) is 0 Å². The van der Waals surface area contributed by atoms with Crippen LogP contribution in [0, 0.1) is 25.7 Å². The summed E-state index contributed by atoms with van der Waals surface area (Å²) in [5.41, 5.74) is 3.72. The molecule has 0 aromatic heterocycles. The molecule has 1 aromatic carbocycles. The molecule has 1 fully saturated rings. The largest absolute Gasteiger partial charge is 0.388 e. The van der Waals surface area contributed by atoms with Gasteiger partial charge in [-0.2, -0.15) is 0 Å². The van der Waals surface area contributed by atoms with Crippen LogP contribution in [0.4, 0.5) is 0 Å². The maximum Gasteiger partial charge on any atom is 0.0818 e. The highest BCUT2D eigenvalue weighted by atomic mass is 16.3. The van der Waals surface area contributed by atoms with Crippen molar-refractivity contribution in [2.24, 2.45) is 11.8 Å². The molecule has 1 aliphatic rings. The van der Waals surface area contributed by atoms with Crippen molar-refractivity contribution in [1.29, 1.82) is 0 Å². The Balaban J connectivity index is 1.91. The van der Waals surface area contributed by atoms with E-state index in [2.05, 4.69) is 39.0 Å². The molecule has 20 heavy (non-hydrogen) atoms. The molecule has 1 saturated carbocycles. The molecule has 0 bridgehead atoms. The van der Waals surface area contributed by atoms with Crippen LogP contribution >= 0.6 is 0 Å². The zero-order valence-corrected chi connectivity index (χ0v) is 13.4. The van der Waals surface area contributed by atoms with E-state index in [0.29, 0.717) is 5.92 Å². The van der Waals surface area contributed by atoms with Crippen LogP contribution in [0.2, 0.25) is 0 Å². The van der Waals surface area contributed by atoms with Crippen LogP contribution in [0.15, 0.2) is 18.2 Å². The number of aryl methyl sites for hydroxylation is 2. The first kappa shape index (κ1) is 15.6. The highest BCUT2D eigenvalue weighted by molar-refractivity contribution is 5.31. The van der Waals surface area contributed by atoms with Gasteiger partial charge >= 0.3 is 0 Å². The van der Waals surface area contributed by atoms with Gasteiger partial charge in [-0.05, 0) is 55.2 Å². The molecule has 0 amide bonds. The van der Waals surface area contributed by atoms with E-state index in [1.165, 1.54) is 56.1 Å². The molecule has 0 heterocycles. The van der Waals surface area contributed by atoms with E-state index in [-0.39, 0.29) is 6.10 Å². The number of benzene rings is 1. The fourth-order valence-corrected chi connectivity index (χ4v) is 3.51. The quantitative estimate of drug-likeness (QED) is 0.769. The molecule has 2 rings (SSSR count). The predicted octanol–water partition coefficient (Wildman–Crippen LogP) is 5.33. The maximum atomic E-state index is 10.6. The van der Waals surface area contributed by atoms with Gasteiger partial charge in [-0.3, -0.25) is 0 Å². The summed E-state index contributed by atoms with van der Waals surface area (Å²) in [7, 11) is 0. The summed E-state index contributed by atoms with van der Waals surface area (Å²) in [6.45, 7) is 6.53. The molecule has 0 radical (unpaired) electrons. The Morgan fingerprint density at radius 3 is 2.40 bits per heavy atom. The van der Waals surface area contributed by atoms with Crippen molar-refractivity contribution >= 4 is 0 Å². The predicted molar refractivity (Wildman–Crippen MR) is 85.8 cm³/mol. The van der Waals surface area contributed by atoms with Crippen molar-refractivity contribution < 1.29 is 5.11 Å². The molecule has 1 atom stereocenters. The zero-order chi connectivity index (χ0) is 14.5. The van der Waals surface area contributed by atoms with E-state index >= 15 is 0 Å². The highest BCUT2D eigenvalue weighted by Gasteiger charge is 2.27. The number of hydrogen-bond acceptors (Lipinski definition) is 1.